The van der Waals surface area contributed by atoms with Crippen LogP contribution in [0.4, 0.5) is 0 Å². The van der Waals surface area contributed by atoms with Gasteiger partial charge in [-0.2, -0.15) is 0 Å². The molecule has 2 unspecified atom stereocenters. The smallest absolute Gasteiger partial charge is 0.137 e. The fraction of sp³-hybridized carbons (Fsp3) is 0.909. The van der Waals surface area contributed by atoms with E-state index in [4.69, 9.17) is 4.74 Å². The van der Waals surface area contributed by atoms with E-state index in [2.05, 4.69) is 4.90 Å². The summed E-state index contributed by atoms with van der Waals surface area (Å²) in [5, 5.41) is 0. The first-order valence-corrected chi connectivity index (χ1v) is 5.70. The van der Waals surface area contributed by atoms with Gasteiger partial charge in [0, 0.05) is 12.6 Å². The quantitative estimate of drug-likeness (QED) is 0.623. The highest BCUT2D eigenvalue weighted by Crippen LogP contribution is 2.22. The molecular formula is C11H19NO2. The van der Waals surface area contributed by atoms with Crippen LogP contribution < -0.4 is 0 Å². The van der Waals surface area contributed by atoms with Gasteiger partial charge >= 0.3 is 0 Å². The summed E-state index contributed by atoms with van der Waals surface area (Å²) in [6, 6.07) is 0.662. The maximum absolute atomic E-state index is 10.9. The van der Waals surface area contributed by atoms with Crippen LogP contribution in [0, 0.1) is 0 Å². The second-order valence-electron chi connectivity index (χ2n) is 4.31. The molecule has 0 aliphatic carbocycles. The number of nitrogens with zero attached hydrogens (tertiary/aromatic N) is 1. The summed E-state index contributed by atoms with van der Waals surface area (Å²) < 4.78 is 5.47. The molecule has 2 aliphatic rings. The molecule has 0 amide bonds. The normalized spacial score (nSPS) is 35.4. The lowest BCUT2D eigenvalue weighted by atomic mass is 9.98. The SMILES string of the molecule is O=CC1CCCCN1C1CCCOC1. The van der Waals surface area contributed by atoms with Crippen molar-refractivity contribution in [2.24, 2.45) is 0 Å². The molecule has 0 saturated carbocycles. The third kappa shape index (κ3) is 2.15. The standard InChI is InChI=1S/C11H19NO2/c13-8-10-4-1-2-6-12(10)11-5-3-7-14-9-11/h8,10-11H,1-7,9H2. The Hall–Kier alpha value is -0.410. The van der Waals surface area contributed by atoms with Gasteiger partial charge in [0.2, 0.25) is 0 Å². The number of rotatable bonds is 2. The summed E-state index contributed by atoms with van der Waals surface area (Å²) in [4.78, 5) is 13.3. The Morgan fingerprint density at radius 3 is 2.86 bits per heavy atom. The lowest BCUT2D eigenvalue weighted by Crippen LogP contribution is -2.50. The summed E-state index contributed by atoms with van der Waals surface area (Å²) in [6.45, 7) is 2.80. The molecule has 2 fully saturated rings. The van der Waals surface area contributed by atoms with Crippen molar-refractivity contribution in [3.8, 4) is 0 Å². The molecule has 80 valence electrons. The van der Waals surface area contributed by atoms with E-state index in [9.17, 15) is 4.79 Å². The maximum atomic E-state index is 10.9. The van der Waals surface area contributed by atoms with Crippen LogP contribution in [-0.4, -0.2) is 43.0 Å². The number of carbonyl (C=O) groups excluding carboxylic acids is 1. The Morgan fingerprint density at radius 1 is 1.21 bits per heavy atom. The number of carbonyl (C=O) groups is 1. The van der Waals surface area contributed by atoms with E-state index in [1.807, 2.05) is 0 Å². The summed E-state index contributed by atoms with van der Waals surface area (Å²) in [6.07, 6.45) is 6.94. The molecule has 0 bridgehead atoms. The number of hydrogen-bond donors (Lipinski definition) is 0. The molecule has 0 spiro atoms. The molecule has 3 heteroatoms. The molecular weight excluding hydrogens is 178 g/mol. The molecule has 0 aromatic rings. The average Bonchev–Trinajstić information content (AvgIpc) is 2.30. The minimum Gasteiger partial charge on any atom is -0.380 e. The van der Waals surface area contributed by atoms with Gasteiger partial charge in [-0.05, 0) is 32.2 Å². The van der Waals surface area contributed by atoms with Gasteiger partial charge in [0.25, 0.3) is 0 Å². The average molecular weight is 197 g/mol. The third-order valence-corrected chi connectivity index (χ3v) is 3.35. The van der Waals surface area contributed by atoms with Gasteiger partial charge in [-0.25, -0.2) is 0 Å². The van der Waals surface area contributed by atoms with Crippen molar-refractivity contribution in [2.45, 2.75) is 44.2 Å². The third-order valence-electron chi connectivity index (χ3n) is 3.35. The molecule has 2 heterocycles. The Balaban J connectivity index is 1.94. The first-order valence-electron chi connectivity index (χ1n) is 5.70. The van der Waals surface area contributed by atoms with E-state index in [1.165, 1.54) is 19.3 Å². The van der Waals surface area contributed by atoms with E-state index in [1.54, 1.807) is 0 Å². The molecule has 0 aromatic carbocycles. The predicted molar refractivity (Wildman–Crippen MR) is 54.3 cm³/mol. The molecule has 2 atom stereocenters. The molecule has 2 saturated heterocycles. The molecule has 2 aliphatic heterocycles. The summed E-state index contributed by atoms with van der Waals surface area (Å²) in [7, 11) is 0. The topological polar surface area (TPSA) is 29.5 Å². The van der Waals surface area contributed by atoms with Crippen molar-refractivity contribution in [1.29, 1.82) is 0 Å². The Morgan fingerprint density at radius 2 is 2.14 bits per heavy atom. The van der Waals surface area contributed by atoms with Crippen molar-refractivity contribution in [3.05, 3.63) is 0 Å². The van der Waals surface area contributed by atoms with Gasteiger partial charge in [0.1, 0.15) is 6.29 Å². The predicted octanol–water partition coefficient (Wildman–Crippen LogP) is 1.22. The lowest BCUT2D eigenvalue weighted by Gasteiger charge is -2.40. The van der Waals surface area contributed by atoms with Crippen molar-refractivity contribution in [3.63, 3.8) is 0 Å². The zero-order valence-corrected chi connectivity index (χ0v) is 8.65. The van der Waals surface area contributed by atoms with Crippen molar-refractivity contribution < 1.29 is 9.53 Å². The van der Waals surface area contributed by atoms with Crippen LogP contribution in [0.5, 0.6) is 0 Å². The summed E-state index contributed by atoms with van der Waals surface area (Å²) in [5.74, 6) is 0. The molecule has 0 aromatic heterocycles. The van der Waals surface area contributed by atoms with Crippen LogP contribution in [0.25, 0.3) is 0 Å². The Labute approximate surface area is 85.4 Å². The molecule has 0 N–H and O–H groups in total. The second-order valence-corrected chi connectivity index (χ2v) is 4.31. The van der Waals surface area contributed by atoms with Crippen molar-refractivity contribution >= 4 is 6.29 Å². The van der Waals surface area contributed by atoms with Crippen LogP contribution in [0.2, 0.25) is 0 Å². The van der Waals surface area contributed by atoms with Gasteiger partial charge < -0.3 is 9.53 Å². The molecule has 14 heavy (non-hydrogen) atoms. The van der Waals surface area contributed by atoms with Crippen LogP contribution in [0.15, 0.2) is 0 Å². The Kier molecular flexibility index (Phi) is 3.54. The zero-order chi connectivity index (χ0) is 9.80. The van der Waals surface area contributed by atoms with Gasteiger partial charge in [0.15, 0.2) is 0 Å². The summed E-state index contributed by atoms with van der Waals surface area (Å²) in [5.41, 5.74) is 0. The van der Waals surface area contributed by atoms with Gasteiger partial charge in [-0.3, -0.25) is 4.90 Å². The van der Waals surface area contributed by atoms with Crippen LogP contribution in [-0.2, 0) is 9.53 Å². The Bertz CT molecular complexity index is 190. The van der Waals surface area contributed by atoms with E-state index >= 15 is 0 Å². The van der Waals surface area contributed by atoms with E-state index < -0.39 is 0 Å². The lowest BCUT2D eigenvalue weighted by molar-refractivity contribution is -0.116. The number of ether oxygens (including phenoxy) is 1. The number of aldehydes is 1. The first-order chi connectivity index (χ1) is 6.92. The monoisotopic (exact) mass is 197 g/mol. The molecule has 3 nitrogen and oxygen atoms in total. The van der Waals surface area contributed by atoms with Gasteiger partial charge in [0.05, 0.1) is 12.6 Å². The highest BCUT2D eigenvalue weighted by Gasteiger charge is 2.29. The largest absolute Gasteiger partial charge is 0.380 e. The highest BCUT2D eigenvalue weighted by atomic mass is 16.5. The van der Waals surface area contributed by atoms with Crippen molar-refractivity contribution in [2.75, 3.05) is 19.8 Å². The van der Waals surface area contributed by atoms with Crippen LogP contribution in [0.3, 0.4) is 0 Å². The fourth-order valence-corrected chi connectivity index (χ4v) is 2.56. The zero-order valence-electron chi connectivity index (χ0n) is 8.65. The number of piperidine rings is 1. The van der Waals surface area contributed by atoms with E-state index in [0.717, 1.165) is 38.9 Å². The minimum atomic E-state index is 0.162. The fourth-order valence-electron chi connectivity index (χ4n) is 2.56. The summed E-state index contributed by atoms with van der Waals surface area (Å²) >= 11 is 0. The minimum absolute atomic E-state index is 0.162. The van der Waals surface area contributed by atoms with E-state index in [-0.39, 0.29) is 6.04 Å². The molecule has 2 rings (SSSR count). The maximum Gasteiger partial charge on any atom is 0.137 e. The highest BCUT2D eigenvalue weighted by molar-refractivity contribution is 5.57. The van der Waals surface area contributed by atoms with Gasteiger partial charge in [-0.15, -0.1) is 0 Å². The number of likely N-dealkylation sites (tertiary alicyclic amines) is 1. The molecule has 0 radical (unpaired) electrons. The number of hydrogen-bond acceptors (Lipinski definition) is 3. The second kappa shape index (κ2) is 4.89. The first kappa shape index (κ1) is 10.1. The van der Waals surface area contributed by atoms with Crippen LogP contribution in [0.1, 0.15) is 32.1 Å². The van der Waals surface area contributed by atoms with Crippen LogP contribution >= 0.6 is 0 Å². The van der Waals surface area contributed by atoms with Crippen molar-refractivity contribution in [1.82, 2.24) is 4.90 Å². The van der Waals surface area contributed by atoms with Gasteiger partial charge in [-0.1, -0.05) is 6.42 Å². The van der Waals surface area contributed by atoms with E-state index in [0.29, 0.717) is 6.04 Å².